The second-order valence-corrected chi connectivity index (χ2v) is 3.74. The van der Waals surface area contributed by atoms with Crippen LogP contribution in [0.1, 0.15) is 10.4 Å². The number of rotatable bonds is 3. The largest absolute Gasteiger partial charge is 0.322 e. The molecule has 0 unspecified atom stereocenters. The van der Waals surface area contributed by atoms with Crippen LogP contribution in [0.4, 0.5) is 20.2 Å². The SMILES string of the molecule is O=C(Nc1ccc([N+](=O)[O-])c(F)c1)c1ccnc(F)c1. The summed E-state index contributed by atoms with van der Waals surface area (Å²) in [6, 6.07) is 5.11. The van der Waals surface area contributed by atoms with Crippen LogP contribution in [0.2, 0.25) is 0 Å². The molecule has 0 atom stereocenters. The first-order valence-corrected chi connectivity index (χ1v) is 5.34. The first-order valence-electron chi connectivity index (χ1n) is 5.34. The summed E-state index contributed by atoms with van der Waals surface area (Å²) >= 11 is 0. The first kappa shape index (κ1) is 13.5. The Labute approximate surface area is 111 Å². The quantitative estimate of drug-likeness (QED) is 0.531. The molecule has 0 aliphatic rings. The lowest BCUT2D eigenvalue weighted by atomic mass is 10.2. The van der Waals surface area contributed by atoms with E-state index in [-0.39, 0.29) is 11.3 Å². The minimum atomic E-state index is -1.08. The topological polar surface area (TPSA) is 85.1 Å². The van der Waals surface area contributed by atoms with Gasteiger partial charge in [0.25, 0.3) is 5.91 Å². The number of pyridine rings is 1. The number of amides is 1. The van der Waals surface area contributed by atoms with E-state index in [0.717, 1.165) is 24.4 Å². The highest BCUT2D eigenvalue weighted by Gasteiger charge is 2.15. The Hall–Kier alpha value is -2.90. The molecular weight excluding hydrogens is 272 g/mol. The molecule has 0 aliphatic carbocycles. The van der Waals surface area contributed by atoms with Gasteiger partial charge in [-0.05, 0) is 12.1 Å². The van der Waals surface area contributed by atoms with Gasteiger partial charge in [0.2, 0.25) is 11.8 Å². The Morgan fingerprint density at radius 1 is 1.25 bits per heavy atom. The molecule has 20 heavy (non-hydrogen) atoms. The molecule has 102 valence electrons. The van der Waals surface area contributed by atoms with Crippen molar-refractivity contribution in [2.75, 3.05) is 5.32 Å². The third-order valence-electron chi connectivity index (χ3n) is 2.39. The van der Waals surface area contributed by atoms with Crippen molar-refractivity contribution in [1.82, 2.24) is 4.98 Å². The molecule has 1 N–H and O–H groups in total. The van der Waals surface area contributed by atoms with Crippen molar-refractivity contribution in [3.63, 3.8) is 0 Å². The zero-order valence-electron chi connectivity index (χ0n) is 9.84. The van der Waals surface area contributed by atoms with Gasteiger partial charge in [-0.15, -0.1) is 0 Å². The smallest absolute Gasteiger partial charge is 0.304 e. The maximum atomic E-state index is 13.4. The lowest BCUT2D eigenvalue weighted by molar-refractivity contribution is -0.387. The molecular formula is C12H7F2N3O3. The van der Waals surface area contributed by atoms with Gasteiger partial charge in [0.1, 0.15) is 0 Å². The predicted octanol–water partition coefficient (Wildman–Crippen LogP) is 2.52. The number of benzene rings is 1. The monoisotopic (exact) mass is 279 g/mol. The Kier molecular flexibility index (Phi) is 3.65. The number of nitrogens with one attached hydrogen (secondary N) is 1. The van der Waals surface area contributed by atoms with Crippen molar-refractivity contribution in [2.45, 2.75) is 0 Å². The van der Waals surface area contributed by atoms with Crippen LogP contribution in [-0.2, 0) is 0 Å². The van der Waals surface area contributed by atoms with Crippen molar-refractivity contribution < 1.29 is 18.5 Å². The highest BCUT2D eigenvalue weighted by molar-refractivity contribution is 6.04. The van der Waals surface area contributed by atoms with Crippen LogP contribution in [-0.4, -0.2) is 15.8 Å². The van der Waals surface area contributed by atoms with E-state index < -0.39 is 28.3 Å². The second kappa shape index (κ2) is 5.39. The molecule has 2 aromatic rings. The van der Waals surface area contributed by atoms with Gasteiger partial charge in [-0.1, -0.05) is 0 Å². The third-order valence-corrected chi connectivity index (χ3v) is 2.39. The number of nitro benzene ring substituents is 1. The fourth-order valence-corrected chi connectivity index (χ4v) is 1.48. The average molecular weight is 279 g/mol. The number of anilines is 1. The lowest BCUT2D eigenvalue weighted by Gasteiger charge is -2.05. The van der Waals surface area contributed by atoms with E-state index in [1.807, 2.05) is 0 Å². The second-order valence-electron chi connectivity index (χ2n) is 3.74. The van der Waals surface area contributed by atoms with Gasteiger partial charge in [0.15, 0.2) is 0 Å². The van der Waals surface area contributed by atoms with Crippen LogP contribution in [0, 0.1) is 21.9 Å². The zero-order chi connectivity index (χ0) is 14.7. The number of aromatic nitrogens is 1. The average Bonchev–Trinajstić information content (AvgIpc) is 2.38. The Balaban J connectivity index is 2.20. The fourth-order valence-electron chi connectivity index (χ4n) is 1.48. The molecule has 6 nitrogen and oxygen atoms in total. The van der Waals surface area contributed by atoms with Crippen LogP contribution >= 0.6 is 0 Å². The van der Waals surface area contributed by atoms with Crippen molar-refractivity contribution in [1.29, 1.82) is 0 Å². The number of halogens is 2. The number of nitro groups is 1. The van der Waals surface area contributed by atoms with Crippen LogP contribution in [0.15, 0.2) is 36.5 Å². The molecule has 8 heteroatoms. The molecule has 0 bridgehead atoms. The number of nitrogens with zero attached hydrogens (tertiary/aromatic N) is 2. The Morgan fingerprint density at radius 2 is 2.00 bits per heavy atom. The summed E-state index contributed by atoms with van der Waals surface area (Å²) in [7, 11) is 0. The summed E-state index contributed by atoms with van der Waals surface area (Å²) in [4.78, 5) is 24.6. The van der Waals surface area contributed by atoms with Crippen molar-refractivity contribution in [3.05, 3.63) is 64.0 Å². The van der Waals surface area contributed by atoms with E-state index in [0.29, 0.717) is 0 Å². The highest BCUT2D eigenvalue weighted by atomic mass is 19.1. The standard InChI is InChI=1S/C12H7F2N3O3/c13-9-6-8(1-2-10(9)17(19)20)16-12(18)7-3-4-15-11(14)5-7/h1-6H,(H,16,18). The zero-order valence-corrected chi connectivity index (χ0v) is 9.84. The van der Waals surface area contributed by atoms with Crippen LogP contribution < -0.4 is 5.32 Å². The summed E-state index contributed by atoms with van der Waals surface area (Å²) < 4.78 is 26.2. The van der Waals surface area contributed by atoms with Crippen molar-refractivity contribution in [3.8, 4) is 0 Å². The van der Waals surface area contributed by atoms with E-state index in [1.165, 1.54) is 12.1 Å². The lowest BCUT2D eigenvalue weighted by Crippen LogP contribution is -2.12. The molecule has 2 rings (SSSR count). The van der Waals surface area contributed by atoms with Crippen LogP contribution in [0.5, 0.6) is 0 Å². The van der Waals surface area contributed by atoms with Crippen molar-refractivity contribution in [2.24, 2.45) is 0 Å². The van der Waals surface area contributed by atoms with Gasteiger partial charge in [0, 0.05) is 35.6 Å². The molecule has 0 spiro atoms. The molecule has 1 aromatic heterocycles. The molecule has 0 radical (unpaired) electrons. The van der Waals surface area contributed by atoms with Gasteiger partial charge < -0.3 is 5.32 Å². The summed E-state index contributed by atoms with van der Waals surface area (Å²) in [5.74, 6) is -2.58. The number of carbonyl (C=O) groups is 1. The third kappa shape index (κ3) is 2.91. The van der Waals surface area contributed by atoms with E-state index >= 15 is 0 Å². The van der Waals surface area contributed by atoms with E-state index in [1.54, 1.807) is 0 Å². The molecule has 0 saturated heterocycles. The van der Waals surface area contributed by atoms with Crippen molar-refractivity contribution >= 4 is 17.3 Å². The van der Waals surface area contributed by atoms with Gasteiger partial charge >= 0.3 is 5.69 Å². The predicted molar refractivity (Wildman–Crippen MR) is 65.2 cm³/mol. The fraction of sp³-hybridized carbons (Fsp3) is 0. The molecule has 0 saturated carbocycles. The highest BCUT2D eigenvalue weighted by Crippen LogP contribution is 2.21. The Bertz CT molecular complexity index is 691. The number of hydrogen-bond donors (Lipinski definition) is 1. The minimum absolute atomic E-state index is 0.00346. The first-order chi connectivity index (χ1) is 9.47. The molecule has 1 amide bonds. The summed E-state index contributed by atoms with van der Waals surface area (Å²) in [5, 5.41) is 12.7. The maximum absolute atomic E-state index is 13.4. The number of carbonyl (C=O) groups excluding carboxylic acids is 1. The molecule has 1 aromatic carbocycles. The van der Waals surface area contributed by atoms with E-state index in [4.69, 9.17) is 0 Å². The Morgan fingerprint density at radius 3 is 2.60 bits per heavy atom. The van der Waals surface area contributed by atoms with Gasteiger partial charge in [-0.2, -0.15) is 8.78 Å². The maximum Gasteiger partial charge on any atom is 0.304 e. The summed E-state index contributed by atoms with van der Waals surface area (Å²) in [5.41, 5.74) is -0.676. The molecule has 0 fully saturated rings. The number of hydrogen-bond acceptors (Lipinski definition) is 4. The van der Waals surface area contributed by atoms with Crippen LogP contribution in [0.25, 0.3) is 0 Å². The van der Waals surface area contributed by atoms with E-state index in [9.17, 15) is 23.7 Å². The normalized spacial score (nSPS) is 10.1. The van der Waals surface area contributed by atoms with Gasteiger partial charge in [-0.3, -0.25) is 14.9 Å². The summed E-state index contributed by atoms with van der Waals surface area (Å²) in [6.45, 7) is 0. The van der Waals surface area contributed by atoms with Crippen LogP contribution in [0.3, 0.4) is 0 Å². The van der Waals surface area contributed by atoms with Gasteiger partial charge in [-0.25, -0.2) is 4.98 Å². The van der Waals surface area contributed by atoms with E-state index in [2.05, 4.69) is 10.3 Å². The van der Waals surface area contributed by atoms with Gasteiger partial charge in [0.05, 0.1) is 4.92 Å². The molecule has 0 aliphatic heterocycles. The summed E-state index contributed by atoms with van der Waals surface area (Å²) in [6.07, 6.45) is 1.11. The molecule has 1 heterocycles. The minimum Gasteiger partial charge on any atom is -0.322 e.